The second-order valence-corrected chi connectivity index (χ2v) is 7.55. The van der Waals surface area contributed by atoms with E-state index in [2.05, 4.69) is 0 Å². The van der Waals surface area contributed by atoms with Crippen LogP contribution < -0.4 is 4.90 Å². The van der Waals surface area contributed by atoms with Gasteiger partial charge in [0, 0.05) is 12.6 Å². The summed E-state index contributed by atoms with van der Waals surface area (Å²) >= 11 is 0. The Kier molecular flexibility index (Phi) is 5.35. The van der Waals surface area contributed by atoms with E-state index in [1.54, 1.807) is 29.2 Å². The molecular weight excluding hydrogens is 384 g/mol. The minimum Gasteiger partial charge on any atom is -0.452 e. The molecule has 2 aromatic rings. The summed E-state index contributed by atoms with van der Waals surface area (Å²) in [5.74, 6) is -1.61. The van der Waals surface area contributed by atoms with Crippen molar-refractivity contribution < 1.29 is 23.9 Å². The standard InChI is InChI=1S/C23H22N2O5/c1-15-6-4-5-13-24(15)20(26)14-30-23(29)16-9-11-17(12-10-16)25-21(27)18-7-2-3-8-19(18)22(25)28/h2-3,7-12,15H,4-6,13-14H2,1H3. The molecule has 0 saturated carbocycles. The summed E-state index contributed by atoms with van der Waals surface area (Å²) in [4.78, 5) is 52.6. The zero-order valence-corrected chi connectivity index (χ0v) is 16.7. The first-order chi connectivity index (χ1) is 14.5. The first kappa shape index (κ1) is 19.8. The molecule has 0 radical (unpaired) electrons. The van der Waals surface area contributed by atoms with Gasteiger partial charge in [-0.15, -0.1) is 0 Å². The molecule has 4 rings (SSSR count). The molecule has 2 aliphatic rings. The van der Waals surface area contributed by atoms with Gasteiger partial charge in [0.2, 0.25) is 0 Å². The minimum atomic E-state index is -0.623. The number of nitrogens with zero attached hydrogens (tertiary/aromatic N) is 2. The van der Waals surface area contributed by atoms with E-state index in [1.807, 2.05) is 6.92 Å². The maximum absolute atomic E-state index is 12.6. The van der Waals surface area contributed by atoms with Crippen molar-refractivity contribution in [2.24, 2.45) is 0 Å². The Labute approximate surface area is 174 Å². The van der Waals surface area contributed by atoms with Crippen molar-refractivity contribution >= 4 is 29.4 Å². The Hall–Kier alpha value is -3.48. The van der Waals surface area contributed by atoms with E-state index in [0.717, 1.165) is 24.2 Å². The van der Waals surface area contributed by atoms with Gasteiger partial charge >= 0.3 is 5.97 Å². The van der Waals surface area contributed by atoms with Crippen LogP contribution in [0.4, 0.5) is 5.69 Å². The second-order valence-electron chi connectivity index (χ2n) is 7.55. The SMILES string of the molecule is CC1CCCCN1C(=O)COC(=O)c1ccc(N2C(=O)c3ccccc3C2=O)cc1. The molecule has 1 atom stereocenters. The third-order valence-electron chi connectivity index (χ3n) is 5.61. The fourth-order valence-corrected chi connectivity index (χ4v) is 3.93. The van der Waals surface area contributed by atoms with Crippen molar-refractivity contribution in [2.75, 3.05) is 18.1 Å². The number of hydrogen-bond donors (Lipinski definition) is 0. The monoisotopic (exact) mass is 406 g/mol. The van der Waals surface area contributed by atoms with Crippen LogP contribution in [0, 0.1) is 0 Å². The molecule has 30 heavy (non-hydrogen) atoms. The molecule has 0 aromatic heterocycles. The molecule has 2 heterocycles. The average Bonchev–Trinajstić information content (AvgIpc) is 3.02. The van der Waals surface area contributed by atoms with Crippen LogP contribution in [0.25, 0.3) is 0 Å². The van der Waals surface area contributed by atoms with Crippen molar-refractivity contribution in [2.45, 2.75) is 32.2 Å². The third-order valence-corrected chi connectivity index (χ3v) is 5.61. The minimum absolute atomic E-state index is 0.156. The molecular formula is C23H22N2O5. The van der Waals surface area contributed by atoms with E-state index in [1.165, 1.54) is 24.3 Å². The van der Waals surface area contributed by atoms with Crippen LogP contribution in [0.5, 0.6) is 0 Å². The van der Waals surface area contributed by atoms with Gasteiger partial charge in [-0.2, -0.15) is 0 Å². The van der Waals surface area contributed by atoms with Crippen molar-refractivity contribution in [1.29, 1.82) is 0 Å². The van der Waals surface area contributed by atoms with Gasteiger partial charge in [0.05, 0.1) is 22.4 Å². The number of esters is 1. The number of fused-ring (bicyclic) bond motifs is 1. The zero-order chi connectivity index (χ0) is 21.3. The smallest absolute Gasteiger partial charge is 0.338 e. The van der Waals surface area contributed by atoms with E-state index >= 15 is 0 Å². The lowest BCUT2D eigenvalue weighted by molar-refractivity contribution is -0.137. The third kappa shape index (κ3) is 3.58. The summed E-state index contributed by atoms with van der Waals surface area (Å²) < 4.78 is 5.17. The van der Waals surface area contributed by atoms with Crippen molar-refractivity contribution in [3.63, 3.8) is 0 Å². The van der Waals surface area contributed by atoms with Crippen LogP contribution in [-0.2, 0) is 9.53 Å². The normalized spacial score (nSPS) is 18.4. The Balaban J connectivity index is 1.40. The van der Waals surface area contributed by atoms with Crippen LogP contribution in [0.1, 0.15) is 57.3 Å². The topological polar surface area (TPSA) is 84.0 Å². The number of amides is 3. The lowest BCUT2D eigenvalue weighted by atomic mass is 10.0. The van der Waals surface area contributed by atoms with Gasteiger partial charge in [0.25, 0.3) is 17.7 Å². The van der Waals surface area contributed by atoms with E-state index in [-0.39, 0.29) is 24.1 Å². The highest BCUT2D eigenvalue weighted by atomic mass is 16.5. The van der Waals surface area contributed by atoms with Crippen LogP contribution in [0.3, 0.4) is 0 Å². The number of ether oxygens (including phenoxy) is 1. The summed E-state index contributed by atoms with van der Waals surface area (Å²) in [7, 11) is 0. The highest BCUT2D eigenvalue weighted by Crippen LogP contribution is 2.28. The van der Waals surface area contributed by atoms with Gasteiger partial charge in [-0.1, -0.05) is 12.1 Å². The zero-order valence-electron chi connectivity index (χ0n) is 16.7. The van der Waals surface area contributed by atoms with Crippen molar-refractivity contribution in [1.82, 2.24) is 4.90 Å². The molecule has 154 valence electrons. The number of rotatable bonds is 4. The average molecular weight is 406 g/mol. The number of likely N-dealkylation sites (tertiary alicyclic amines) is 1. The number of piperidine rings is 1. The summed E-state index contributed by atoms with van der Waals surface area (Å²) in [5.41, 5.74) is 1.33. The maximum Gasteiger partial charge on any atom is 0.338 e. The lowest BCUT2D eigenvalue weighted by Crippen LogP contribution is -2.44. The number of hydrogen-bond acceptors (Lipinski definition) is 5. The molecule has 0 aliphatic carbocycles. The fraction of sp³-hybridized carbons (Fsp3) is 0.304. The fourth-order valence-electron chi connectivity index (χ4n) is 3.93. The first-order valence-corrected chi connectivity index (χ1v) is 10.0. The predicted octanol–water partition coefficient (Wildman–Crippen LogP) is 3.05. The van der Waals surface area contributed by atoms with E-state index in [0.29, 0.717) is 23.4 Å². The molecule has 0 N–H and O–H groups in total. The van der Waals surface area contributed by atoms with Crippen LogP contribution >= 0.6 is 0 Å². The highest BCUT2D eigenvalue weighted by Gasteiger charge is 2.36. The molecule has 3 amide bonds. The Morgan fingerprint density at radius 2 is 1.60 bits per heavy atom. The van der Waals surface area contributed by atoms with Gasteiger partial charge in [-0.3, -0.25) is 14.4 Å². The van der Waals surface area contributed by atoms with Crippen LogP contribution in [-0.4, -0.2) is 47.8 Å². The summed E-state index contributed by atoms with van der Waals surface area (Å²) in [6.45, 7) is 2.38. The summed E-state index contributed by atoms with van der Waals surface area (Å²) in [5, 5.41) is 0. The number of imide groups is 1. The van der Waals surface area contributed by atoms with Crippen LogP contribution in [0.15, 0.2) is 48.5 Å². The molecule has 0 bridgehead atoms. The first-order valence-electron chi connectivity index (χ1n) is 10.0. The van der Waals surface area contributed by atoms with Crippen molar-refractivity contribution in [3.8, 4) is 0 Å². The molecule has 2 aromatic carbocycles. The quantitative estimate of drug-likeness (QED) is 0.576. The van der Waals surface area contributed by atoms with Gasteiger partial charge in [0.15, 0.2) is 6.61 Å². The second kappa shape index (κ2) is 8.10. The summed E-state index contributed by atoms with van der Waals surface area (Å²) in [6.07, 6.45) is 3.02. The molecule has 7 nitrogen and oxygen atoms in total. The molecule has 1 unspecified atom stereocenters. The van der Waals surface area contributed by atoms with E-state index in [9.17, 15) is 19.2 Å². The Bertz CT molecular complexity index is 980. The van der Waals surface area contributed by atoms with Crippen LogP contribution in [0.2, 0.25) is 0 Å². The summed E-state index contributed by atoms with van der Waals surface area (Å²) in [6, 6.07) is 12.8. The predicted molar refractivity (Wildman–Crippen MR) is 109 cm³/mol. The largest absolute Gasteiger partial charge is 0.452 e. The lowest BCUT2D eigenvalue weighted by Gasteiger charge is -2.33. The molecule has 1 fully saturated rings. The number of anilines is 1. The Morgan fingerprint density at radius 1 is 0.967 bits per heavy atom. The van der Waals surface area contributed by atoms with Crippen molar-refractivity contribution in [3.05, 3.63) is 65.2 Å². The molecule has 7 heteroatoms. The van der Waals surface area contributed by atoms with Gasteiger partial charge in [-0.05, 0) is 62.6 Å². The van der Waals surface area contributed by atoms with E-state index < -0.39 is 17.8 Å². The number of benzene rings is 2. The van der Waals surface area contributed by atoms with Gasteiger partial charge in [-0.25, -0.2) is 9.69 Å². The molecule has 0 spiro atoms. The molecule has 1 saturated heterocycles. The van der Waals surface area contributed by atoms with E-state index in [4.69, 9.17) is 4.74 Å². The highest BCUT2D eigenvalue weighted by molar-refractivity contribution is 6.34. The maximum atomic E-state index is 12.6. The molecule has 2 aliphatic heterocycles. The number of carbonyl (C=O) groups is 4. The van der Waals surface area contributed by atoms with Gasteiger partial charge < -0.3 is 9.64 Å². The Morgan fingerprint density at radius 3 is 2.20 bits per heavy atom. The van der Waals surface area contributed by atoms with Gasteiger partial charge in [0.1, 0.15) is 0 Å². The number of carbonyl (C=O) groups excluding carboxylic acids is 4.